The minimum absolute atomic E-state index is 0.668. The average Bonchev–Trinajstić information content (AvgIpc) is 3.51. The lowest BCUT2D eigenvalue weighted by molar-refractivity contribution is 0.673. The van der Waals surface area contributed by atoms with E-state index in [-0.39, 0.29) is 0 Å². The number of hydrogen-bond donors (Lipinski definition) is 0. The van der Waals surface area contributed by atoms with E-state index in [1.165, 1.54) is 0 Å². The van der Waals surface area contributed by atoms with Gasteiger partial charge in [0.2, 0.25) is 0 Å². The largest absolute Gasteiger partial charge is 0.455 e. The predicted octanol–water partition coefficient (Wildman–Crippen LogP) is 10.7. The fourth-order valence-corrected chi connectivity index (χ4v) is 6.33. The Morgan fingerprint density at radius 1 is 0.400 bits per heavy atom. The number of nitrogens with zero attached hydrogens (tertiary/aromatic N) is 3. The molecule has 210 valence electrons. The lowest BCUT2D eigenvalue weighted by Crippen LogP contribution is -1.96. The maximum atomic E-state index is 6.52. The molecule has 0 saturated carbocycles. The van der Waals surface area contributed by atoms with Gasteiger partial charge in [-0.1, -0.05) is 121 Å². The van der Waals surface area contributed by atoms with Crippen molar-refractivity contribution in [2.45, 2.75) is 0 Å². The number of rotatable bonds is 4. The van der Waals surface area contributed by atoms with Crippen LogP contribution in [-0.2, 0) is 0 Å². The molecule has 45 heavy (non-hydrogen) atoms. The second-order valence-electron chi connectivity index (χ2n) is 11.2. The van der Waals surface area contributed by atoms with Crippen molar-refractivity contribution in [1.29, 1.82) is 0 Å². The summed E-state index contributed by atoms with van der Waals surface area (Å²) in [4.78, 5) is 15.3. The highest BCUT2D eigenvalue weighted by molar-refractivity contribution is 6.24. The van der Waals surface area contributed by atoms with Crippen LogP contribution in [0.4, 0.5) is 0 Å². The van der Waals surface area contributed by atoms with E-state index in [2.05, 4.69) is 97.1 Å². The standard InChI is InChI=1S/C41H25N3O/c1-3-12-26(13-4-1)35-25-36(27-14-5-2-6-15-27)44-41(43-35)29-17-11-16-28(24-29)39-33-23-22-31-30-18-8-10-21-37(30)45-40(31)38(33)32-19-7-9-20-34(32)42-39/h1-25H. The lowest BCUT2D eigenvalue weighted by atomic mass is 9.97. The third-order valence-electron chi connectivity index (χ3n) is 8.47. The van der Waals surface area contributed by atoms with Crippen LogP contribution < -0.4 is 0 Å². The maximum absolute atomic E-state index is 6.52. The Labute approximate surface area is 259 Å². The molecule has 9 aromatic rings. The predicted molar refractivity (Wildman–Crippen MR) is 184 cm³/mol. The highest BCUT2D eigenvalue weighted by Gasteiger charge is 2.18. The summed E-state index contributed by atoms with van der Waals surface area (Å²) < 4.78 is 6.52. The number of fused-ring (bicyclic) bond motifs is 7. The van der Waals surface area contributed by atoms with Gasteiger partial charge in [0.1, 0.15) is 11.2 Å². The number of hydrogen-bond acceptors (Lipinski definition) is 4. The molecule has 0 N–H and O–H groups in total. The van der Waals surface area contributed by atoms with Crippen molar-refractivity contribution in [2.24, 2.45) is 0 Å². The smallest absolute Gasteiger partial charge is 0.160 e. The third kappa shape index (κ3) is 4.27. The van der Waals surface area contributed by atoms with E-state index < -0.39 is 0 Å². The molecule has 0 aliphatic heterocycles. The Morgan fingerprint density at radius 3 is 1.76 bits per heavy atom. The molecule has 0 amide bonds. The molecule has 0 unspecified atom stereocenters. The van der Waals surface area contributed by atoms with E-state index in [4.69, 9.17) is 19.4 Å². The first-order valence-corrected chi connectivity index (χ1v) is 15.0. The van der Waals surface area contributed by atoms with Gasteiger partial charge in [-0.15, -0.1) is 0 Å². The second kappa shape index (κ2) is 10.2. The summed E-state index contributed by atoms with van der Waals surface area (Å²) in [7, 11) is 0. The van der Waals surface area contributed by atoms with Gasteiger partial charge in [0.05, 0.1) is 22.6 Å². The zero-order valence-electron chi connectivity index (χ0n) is 24.2. The molecule has 4 heteroatoms. The van der Waals surface area contributed by atoms with Gasteiger partial charge in [-0.3, -0.25) is 0 Å². The number of pyridine rings is 1. The minimum Gasteiger partial charge on any atom is -0.455 e. The molecule has 0 aliphatic carbocycles. The summed E-state index contributed by atoms with van der Waals surface area (Å²) in [5.74, 6) is 0.668. The van der Waals surface area contributed by atoms with Crippen molar-refractivity contribution in [3.8, 4) is 45.2 Å². The van der Waals surface area contributed by atoms with E-state index in [1.54, 1.807) is 0 Å². The molecule has 9 rings (SSSR count). The summed E-state index contributed by atoms with van der Waals surface area (Å²) >= 11 is 0. The average molecular weight is 576 g/mol. The van der Waals surface area contributed by atoms with E-state index in [9.17, 15) is 0 Å². The lowest BCUT2D eigenvalue weighted by Gasteiger charge is -2.12. The van der Waals surface area contributed by atoms with Gasteiger partial charge in [-0.05, 0) is 30.3 Å². The third-order valence-corrected chi connectivity index (χ3v) is 8.47. The van der Waals surface area contributed by atoms with Crippen LogP contribution in [-0.4, -0.2) is 15.0 Å². The molecule has 0 bridgehead atoms. The Kier molecular flexibility index (Phi) is 5.78. The van der Waals surface area contributed by atoms with Gasteiger partial charge in [-0.25, -0.2) is 15.0 Å². The number of para-hydroxylation sites is 2. The van der Waals surface area contributed by atoms with Crippen molar-refractivity contribution >= 4 is 43.6 Å². The van der Waals surface area contributed by atoms with Crippen LogP contribution in [0.5, 0.6) is 0 Å². The molecular weight excluding hydrogens is 550 g/mol. The topological polar surface area (TPSA) is 51.8 Å². The molecule has 0 radical (unpaired) electrons. The number of aromatic nitrogens is 3. The normalized spacial score (nSPS) is 11.6. The first-order valence-electron chi connectivity index (χ1n) is 15.0. The highest BCUT2D eigenvalue weighted by atomic mass is 16.3. The SMILES string of the molecule is c1ccc(-c2cc(-c3ccccc3)nc(-c3cccc(-c4nc5ccccc5c5c4ccc4c6ccccc6oc45)c3)n2)cc1. The van der Waals surface area contributed by atoms with E-state index in [1.807, 2.05) is 54.6 Å². The molecule has 0 atom stereocenters. The zero-order valence-corrected chi connectivity index (χ0v) is 24.2. The minimum atomic E-state index is 0.668. The van der Waals surface area contributed by atoms with Gasteiger partial charge in [-0.2, -0.15) is 0 Å². The van der Waals surface area contributed by atoms with Gasteiger partial charge in [0.15, 0.2) is 5.82 Å². The molecule has 0 aliphatic rings. The Bertz CT molecular complexity index is 2480. The number of furan rings is 1. The molecule has 0 fully saturated rings. The first-order chi connectivity index (χ1) is 22.3. The zero-order chi connectivity index (χ0) is 29.7. The van der Waals surface area contributed by atoms with Gasteiger partial charge in [0, 0.05) is 49.2 Å². The molecular formula is C41H25N3O. The van der Waals surface area contributed by atoms with Crippen LogP contribution >= 0.6 is 0 Å². The van der Waals surface area contributed by atoms with Crippen LogP contribution in [0.2, 0.25) is 0 Å². The fourth-order valence-electron chi connectivity index (χ4n) is 6.33. The van der Waals surface area contributed by atoms with Crippen molar-refractivity contribution in [1.82, 2.24) is 15.0 Å². The monoisotopic (exact) mass is 575 g/mol. The van der Waals surface area contributed by atoms with E-state index >= 15 is 0 Å². The summed E-state index contributed by atoms with van der Waals surface area (Å²) in [5, 5.41) is 5.41. The summed E-state index contributed by atoms with van der Waals surface area (Å²) in [5.41, 5.74) is 9.37. The summed E-state index contributed by atoms with van der Waals surface area (Å²) in [6.45, 7) is 0. The Balaban J connectivity index is 1.27. The van der Waals surface area contributed by atoms with E-state index in [0.29, 0.717) is 5.82 Å². The van der Waals surface area contributed by atoms with Crippen molar-refractivity contribution in [3.05, 3.63) is 152 Å². The second-order valence-corrected chi connectivity index (χ2v) is 11.2. The molecule has 6 aromatic carbocycles. The first kappa shape index (κ1) is 25.4. The molecule has 3 aromatic heterocycles. The van der Waals surface area contributed by atoms with Crippen LogP contribution in [0.25, 0.3) is 88.8 Å². The molecule has 0 saturated heterocycles. The summed E-state index contributed by atoms with van der Waals surface area (Å²) in [6.07, 6.45) is 0. The Morgan fingerprint density at radius 2 is 1.00 bits per heavy atom. The van der Waals surface area contributed by atoms with Crippen LogP contribution in [0.3, 0.4) is 0 Å². The summed E-state index contributed by atoms with van der Waals surface area (Å²) in [6, 6.07) is 51.9. The maximum Gasteiger partial charge on any atom is 0.160 e. The van der Waals surface area contributed by atoms with Crippen molar-refractivity contribution < 1.29 is 4.42 Å². The van der Waals surface area contributed by atoms with Crippen LogP contribution in [0.1, 0.15) is 0 Å². The van der Waals surface area contributed by atoms with Crippen molar-refractivity contribution in [2.75, 3.05) is 0 Å². The molecule has 3 heterocycles. The van der Waals surface area contributed by atoms with Crippen molar-refractivity contribution in [3.63, 3.8) is 0 Å². The van der Waals surface area contributed by atoms with Crippen LogP contribution in [0.15, 0.2) is 156 Å². The molecule has 0 spiro atoms. The van der Waals surface area contributed by atoms with E-state index in [0.717, 1.165) is 82.9 Å². The van der Waals surface area contributed by atoms with Gasteiger partial charge >= 0.3 is 0 Å². The van der Waals surface area contributed by atoms with Crippen LogP contribution in [0, 0.1) is 0 Å². The quantitative estimate of drug-likeness (QED) is 0.196. The Hall–Kier alpha value is -6.13. The van der Waals surface area contributed by atoms with Gasteiger partial charge < -0.3 is 4.42 Å². The highest BCUT2D eigenvalue weighted by Crippen LogP contribution is 2.41. The number of benzene rings is 6. The van der Waals surface area contributed by atoms with Gasteiger partial charge in [0.25, 0.3) is 0 Å². The molecule has 4 nitrogen and oxygen atoms in total. The fraction of sp³-hybridized carbons (Fsp3) is 0.